The molecule has 0 aliphatic carbocycles. The fraction of sp³-hybridized carbons (Fsp3) is 0.310. The molecule has 2 aromatic heterocycles. The lowest BCUT2D eigenvalue weighted by Gasteiger charge is -2.28. The SMILES string of the molecule is N#Cc1cc(-c2cccc3[nH]c(-c4ccc(N5CCOCC5)cc4)cc23)cnc1OC1CCOCC1. The molecule has 182 valence electrons. The summed E-state index contributed by atoms with van der Waals surface area (Å²) < 4.78 is 16.9. The number of H-pyrrole nitrogens is 1. The summed E-state index contributed by atoms with van der Waals surface area (Å²) in [5.41, 5.74) is 6.82. The zero-order valence-electron chi connectivity index (χ0n) is 20.1. The quantitative estimate of drug-likeness (QED) is 0.425. The second-order valence-corrected chi connectivity index (χ2v) is 9.21. The van der Waals surface area contributed by atoms with E-state index in [4.69, 9.17) is 14.2 Å². The Bertz CT molecular complexity index is 1390. The van der Waals surface area contributed by atoms with Crippen molar-refractivity contribution < 1.29 is 14.2 Å². The Hall–Kier alpha value is -3.86. The number of aromatic nitrogens is 2. The molecule has 36 heavy (non-hydrogen) atoms. The van der Waals surface area contributed by atoms with Crippen LogP contribution in [-0.4, -0.2) is 55.6 Å². The van der Waals surface area contributed by atoms with Crippen LogP contribution >= 0.6 is 0 Å². The van der Waals surface area contributed by atoms with Crippen LogP contribution in [-0.2, 0) is 9.47 Å². The van der Waals surface area contributed by atoms with Crippen LogP contribution in [0.2, 0.25) is 0 Å². The average molecular weight is 481 g/mol. The van der Waals surface area contributed by atoms with Gasteiger partial charge in [-0.05, 0) is 41.5 Å². The van der Waals surface area contributed by atoms with E-state index in [2.05, 4.69) is 63.4 Å². The van der Waals surface area contributed by atoms with E-state index in [0.29, 0.717) is 24.7 Å². The fourth-order valence-electron chi connectivity index (χ4n) is 4.96. The number of hydrogen-bond acceptors (Lipinski definition) is 6. The number of ether oxygens (including phenoxy) is 3. The Morgan fingerprint density at radius 3 is 2.50 bits per heavy atom. The molecule has 0 spiro atoms. The fourth-order valence-corrected chi connectivity index (χ4v) is 4.96. The van der Waals surface area contributed by atoms with Gasteiger partial charge in [-0.3, -0.25) is 0 Å². The third-order valence-corrected chi connectivity index (χ3v) is 6.95. The number of anilines is 1. The Kier molecular flexibility index (Phi) is 6.29. The topological polar surface area (TPSA) is 83.4 Å². The maximum absolute atomic E-state index is 9.79. The number of pyridine rings is 1. The molecule has 2 aliphatic heterocycles. The molecular formula is C29H28N4O3. The molecule has 0 bridgehead atoms. The standard InChI is InChI=1S/C29H28N4O3/c30-18-21-16-22(19-31-29(21)36-24-8-12-34-13-9-24)25-2-1-3-27-26(25)17-28(32-27)20-4-6-23(7-5-20)33-10-14-35-15-11-33/h1-7,16-17,19,24,32H,8-15H2. The number of nitrogens with zero attached hydrogens (tertiary/aromatic N) is 3. The molecule has 0 radical (unpaired) electrons. The Labute approximate surface area is 210 Å². The first kappa shape index (κ1) is 22.6. The van der Waals surface area contributed by atoms with E-state index >= 15 is 0 Å². The van der Waals surface area contributed by atoms with E-state index in [1.165, 1.54) is 5.69 Å². The van der Waals surface area contributed by atoms with Gasteiger partial charge in [0.05, 0.1) is 26.4 Å². The molecule has 2 saturated heterocycles. The molecule has 2 aromatic carbocycles. The zero-order valence-corrected chi connectivity index (χ0v) is 20.1. The molecule has 2 aliphatic rings. The molecule has 1 N–H and O–H groups in total. The van der Waals surface area contributed by atoms with E-state index in [9.17, 15) is 5.26 Å². The zero-order chi connectivity index (χ0) is 24.3. The molecule has 2 fully saturated rings. The summed E-state index contributed by atoms with van der Waals surface area (Å²) in [6, 6.07) is 21.2. The third-order valence-electron chi connectivity index (χ3n) is 6.95. The van der Waals surface area contributed by atoms with Crippen LogP contribution in [0.15, 0.2) is 60.8 Å². The van der Waals surface area contributed by atoms with Gasteiger partial charge in [0.1, 0.15) is 17.7 Å². The van der Waals surface area contributed by atoms with Crippen molar-refractivity contribution in [2.75, 3.05) is 44.4 Å². The van der Waals surface area contributed by atoms with Crippen LogP contribution in [0.4, 0.5) is 5.69 Å². The van der Waals surface area contributed by atoms with Crippen LogP contribution in [0.25, 0.3) is 33.3 Å². The van der Waals surface area contributed by atoms with Crippen molar-refractivity contribution in [2.24, 2.45) is 0 Å². The van der Waals surface area contributed by atoms with Crippen molar-refractivity contribution in [1.82, 2.24) is 9.97 Å². The summed E-state index contributed by atoms with van der Waals surface area (Å²) in [6.07, 6.45) is 3.46. The summed E-state index contributed by atoms with van der Waals surface area (Å²) >= 11 is 0. The van der Waals surface area contributed by atoms with Crippen molar-refractivity contribution in [3.05, 3.63) is 66.4 Å². The Morgan fingerprint density at radius 1 is 0.944 bits per heavy atom. The van der Waals surface area contributed by atoms with Crippen LogP contribution in [0.1, 0.15) is 18.4 Å². The normalized spacial score (nSPS) is 16.7. The summed E-state index contributed by atoms with van der Waals surface area (Å²) in [6.45, 7) is 4.76. The van der Waals surface area contributed by atoms with Gasteiger partial charge in [-0.2, -0.15) is 5.26 Å². The van der Waals surface area contributed by atoms with E-state index in [-0.39, 0.29) is 6.10 Å². The highest BCUT2D eigenvalue weighted by Gasteiger charge is 2.19. The monoisotopic (exact) mass is 480 g/mol. The largest absolute Gasteiger partial charge is 0.473 e. The first-order valence-electron chi connectivity index (χ1n) is 12.5. The second-order valence-electron chi connectivity index (χ2n) is 9.21. The van der Waals surface area contributed by atoms with Crippen LogP contribution in [0, 0.1) is 11.3 Å². The van der Waals surface area contributed by atoms with E-state index in [1.54, 1.807) is 6.20 Å². The van der Waals surface area contributed by atoms with Crippen molar-refractivity contribution in [3.63, 3.8) is 0 Å². The molecular weight excluding hydrogens is 452 g/mol. The Balaban J connectivity index is 1.29. The third kappa shape index (κ3) is 4.53. The van der Waals surface area contributed by atoms with Crippen molar-refractivity contribution in [1.29, 1.82) is 5.26 Å². The molecule has 0 saturated carbocycles. The summed E-state index contributed by atoms with van der Waals surface area (Å²) in [5, 5.41) is 10.9. The predicted octanol–water partition coefficient (Wildman–Crippen LogP) is 5.16. The van der Waals surface area contributed by atoms with Gasteiger partial charge >= 0.3 is 0 Å². The minimum absolute atomic E-state index is 0.0366. The molecule has 7 nitrogen and oxygen atoms in total. The van der Waals surface area contributed by atoms with E-state index < -0.39 is 0 Å². The number of nitrogens with one attached hydrogen (secondary N) is 1. The molecule has 0 atom stereocenters. The maximum atomic E-state index is 9.79. The maximum Gasteiger partial charge on any atom is 0.231 e. The van der Waals surface area contributed by atoms with Gasteiger partial charge < -0.3 is 24.1 Å². The lowest BCUT2D eigenvalue weighted by atomic mass is 10.0. The first-order valence-corrected chi connectivity index (χ1v) is 12.5. The van der Waals surface area contributed by atoms with Crippen molar-refractivity contribution >= 4 is 16.6 Å². The van der Waals surface area contributed by atoms with Gasteiger partial charge in [0.15, 0.2) is 0 Å². The van der Waals surface area contributed by atoms with Crippen LogP contribution < -0.4 is 9.64 Å². The van der Waals surface area contributed by atoms with E-state index in [1.807, 2.05) is 12.1 Å². The number of fused-ring (bicyclic) bond motifs is 1. The molecule has 0 amide bonds. The van der Waals surface area contributed by atoms with Gasteiger partial charge in [-0.25, -0.2) is 4.98 Å². The predicted molar refractivity (Wildman–Crippen MR) is 139 cm³/mol. The molecule has 4 heterocycles. The van der Waals surface area contributed by atoms with Gasteiger partial charge in [0.2, 0.25) is 5.88 Å². The van der Waals surface area contributed by atoms with Gasteiger partial charge in [-0.1, -0.05) is 24.3 Å². The summed E-state index contributed by atoms with van der Waals surface area (Å²) in [5.74, 6) is 0.399. The minimum atomic E-state index is 0.0366. The number of hydrogen-bond donors (Lipinski definition) is 1. The summed E-state index contributed by atoms with van der Waals surface area (Å²) in [7, 11) is 0. The van der Waals surface area contributed by atoms with Crippen LogP contribution in [0.5, 0.6) is 5.88 Å². The molecule has 0 unspecified atom stereocenters. The number of aromatic amines is 1. The second kappa shape index (κ2) is 10.0. The molecule has 6 rings (SSSR count). The minimum Gasteiger partial charge on any atom is -0.473 e. The first-order chi connectivity index (χ1) is 17.8. The number of benzene rings is 2. The van der Waals surface area contributed by atoms with Gasteiger partial charge in [0, 0.05) is 60.0 Å². The lowest BCUT2D eigenvalue weighted by Crippen LogP contribution is -2.36. The summed E-state index contributed by atoms with van der Waals surface area (Å²) in [4.78, 5) is 10.4. The molecule has 7 heteroatoms. The van der Waals surface area contributed by atoms with Gasteiger partial charge in [-0.15, -0.1) is 0 Å². The number of rotatable bonds is 5. The number of morpholine rings is 1. The highest BCUT2D eigenvalue weighted by Crippen LogP contribution is 2.34. The van der Waals surface area contributed by atoms with E-state index in [0.717, 1.165) is 72.4 Å². The Morgan fingerprint density at radius 2 is 1.72 bits per heavy atom. The van der Waals surface area contributed by atoms with Crippen molar-refractivity contribution in [3.8, 4) is 34.3 Å². The molecule has 4 aromatic rings. The van der Waals surface area contributed by atoms with Crippen molar-refractivity contribution in [2.45, 2.75) is 18.9 Å². The highest BCUT2D eigenvalue weighted by atomic mass is 16.5. The van der Waals surface area contributed by atoms with Crippen LogP contribution in [0.3, 0.4) is 0 Å². The number of nitriles is 1. The lowest BCUT2D eigenvalue weighted by molar-refractivity contribution is 0.0236. The van der Waals surface area contributed by atoms with Gasteiger partial charge in [0.25, 0.3) is 0 Å². The highest BCUT2D eigenvalue weighted by molar-refractivity contribution is 5.98. The smallest absolute Gasteiger partial charge is 0.231 e. The average Bonchev–Trinajstić information content (AvgIpc) is 3.39.